The fourth-order valence-corrected chi connectivity index (χ4v) is 2.85. The third-order valence-corrected chi connectivity index (χ3v) is 3.86. The maximum Gasteiger partial charge on any atom is 0.0931 e. The fraction of sp³-hybridized carbons (Fsp3) is 0.667. The van der Waals surface area contributed by atoms with Gasteiger partial charge < -0.3 is 10.2 Å². The molecule has 0 spiro atoms. The molecule has 2 nitrogen and oxygen atoms in total. The minimum Gasteiger partial charge on any atom is -0.309 e. The molecule has 0 bridgehead atoms. The summed E-state index contributed by atoms with van der Waals surface area (Å²) < 4.78 is 0.878. The lowest BCUT2D eigenvalue weighted by atomic mass is 10.2. The molecule has 92 valence electrons. The van der Waals surface area contributed by atoms with Crippen LogP contribution in [0.25, 0.3) is 0 Å². The number of nitrogens with zero attached hydrogens (tertiary/aromatic N) is 1. The highest BCUT2D eigenvalue weighted by Crippen LogP contribution is 2.28. The molecule has 16 heavy (non-hydrogen) atoms. The first kappa shape index (κ1) is 14.0. The second-order valence-corrected chi connectivity index (χ2v) is 5.96. The molecule has 0 saturated carbocycles. The van der Waals surface area contributed by atoms with Crippen molar-refractivity contribution in [3.05, 3.63) is 21.3 Å². The molecule has 1 N–H and O–H groups in total. The van der Waals surface area contributed by atoms with Crippen molar-refractivity contribution in [1.82, 2.24) is 10.2 Å². The molecule has 1 aromatic rings. The quantitative estimate of drug-likeness (QED) is 0.756. The van der Waals surface area contributed by atoms with E-state index in [0.29, 0.717) is 6.04 Å². The molecule has 0 amide bonds. The molecule has 0 aliphatic heterocycles. The summed E-state index contributed by atoms with van der Waals surface area (Å²) in [4.78, 5) is 3.56. The van der Waals surface area contributed by atoms with Crippen molar-refractivity contribution in [2.24, 2.45) is 0 Å². The van der Waals surface area contributed by atoms with Gasteiger partial charge in [0.25, 0.3) is 0 Å². The van der Waals surface area contributed by atoms with Gasteiger partial charge in [0, 0.05) is 10.9 Å². The first-order valence-corrected chi connectivity index (χ1v) is 6.96. The van der Waals surface area contributed by atoms with Gasteiger partial charge in [-0.3, -0.25) is 0 Å². The third kappa shape index (κ3) is 4.83. The normalized spacial score (nSPS) is 13.3. The molecule has 1 aromatic heterocycles. The second kappa shape index (κ2) is 7.28. The van der Waals surface area contributed by atoms with E-state index in [9.17, 15) is 0 Å². The first-order chi connectivity index (χ1) is 7.63. The molecule has 0 radical (unpaired) electrons. The van der Waals surface area contributed by atoms with Crippen LogP contribution in [-0.2, 0) is 0 Å². The lowest BCUT2D eigenvalue weighted by Gasteiger charge is -2.16. The molecule has 0 fully saturated rings. The van der Waals surface area contributed by atoms with Crippen LogP contribution in [0.15, 0.2) is 12.1 Å². The van der Waals surface area contributed by atoms with Gasteiger partial charge in [-0.1, -0.05) is 18.5 Å². The standard InChI is InChI=1S/C12H21ClN2S/c1-4-10(11-6-7-12(13)16-11)14-8-5-9-15(2)3/h6-7,10,14H,4-5,8-9H2,1-3H3. The molecule has 4 heteroatoms. The van der Waals surface area contributed by atoms with Crippen LogP contribution in [-0.4, -0.2) is 32.1 Å². The molecule has 0 aromatic carbocycles. The Morgan fingerprint density at radius 1 is 1.44 bits per heavy atom. The van der Waals surface area contributed by atoms with Gasteiger partial charge in [-0.2, -0.15) is 0 Å². The van der Waals surface area contributed by atoms with E-state index in [1.54, 1.807) is 11.3 Å². The maximum atomic E-state index is 5.95. The lowest BCUT2D eigenvalue weighted by molar-refractivity contribution is 0.386. The van der Waals surface area contributed by atoms with Crippen molar-refractivity contribution in [2.75, 3.05) is 27.2 Å². The zero-order valence-corrected chi connectivity index (χ0v) is 11.9. The van der Waals surface area contributed by atoms with Gasteiger partial charge in [0.2, 0.25) is 0 Å². The summed E-state index contributed by atoms with van der Waals surface area (Å²) in [6.07, 6.45) is 2.29. The van der Waals surface area contributed by atoms with Crippen molar-refractivity contribution < 1.29 is 0 Å². The largest absolute Gasteiger partial charge is 0.309 e. The highest BCUT2D eigenvalue weighted by atomic mass is 35.5. The van der Waals surface area contributed by atoms with Crippen LogP contribution in [0.2, 0.25) is 4.34 Å². The van der Waals surface area contributed by atoms with Crippen LogP contribution in [0, 0.1) is 0 Å². The van der Waals surface area contributed by atoms with Gasteiger partial charge in [0.05, 0.1) is 4.34 Å². The number of rotatable bonds is 7. The minimum absolute atomic E-state index is 0.458. The molecule has 1 atom stereocenters. The Bertz CT molecular complexity index is 299. The van der Waals surface area contributed by atoms with Gasteiger partial charge >= 0.3 is 0 Å². The average molecular weight is 261 g/mol. The van der Waals surface area contributed by atoms with Crippen molar-refractivity contribution in [3.63, 3.8) is 0 Å². The van der Waals surface area contributed by atoms with Crippen LogP contribution < -0.4 is 5.32 Å². The molecule has 0 aliphatic carbocycles. The summed E-state index contributed by atoms with van der Waals surface area (Å²) in [5.74, 6) is 0. The summed E-state index contributed by atoms with van der Waals surface area (Å²) in [6.45, 7) is 4.40. The van der Waals surface area contributed by atoms with Crippen LogP contribution in [0.3, 0.4) is 0 Å². The SMILES string of the molecule is CCC(NCCCN(C)C)c1ccc(Cl)s1. The molecular formula is C12H21ClN2S. The Hall–Kier alpha value is -0.0900. The van der Waals surface area contributed by atoms with Gasteiger partial charge in [-0.05, 0) is 52.2 Å². The monoisotopic (exact) mass is 260 g/mol. The van der Waals surface area contributed by atoms with E-state index in [1.807, 2.05) is 6.07 Å². The van der Waals surface area contributed by atoms with E-state index in [0.717, 1.165) is 23.8 Å². The predicted molar refractivity (Wildman–Crippen MR) is 73.5 cm³/mol. The molecule has 1 unspecified atom stereocenters. The number of halogens is 1. The van der Waals surface area contributed by atoms with Gasteiger partial charge in [0.1, 0.15) is 0 Å². The average Bonchev–Trinajstić information content (AvgIpc) is 2.64. The third-order valence-electron chi connectivity index (χ3n) is 2.52. The molecular weight excluding hydrogens is 240 g/mol. The number of hydrogen-bond acceptors (Lipinski definition) is 3. The zero-order chi connectivity index (χ0) is 12.0. The van der Waals surface area contributed by atoms with E-state index in [4.69, 9.17) is 11.6 Å². The number of hydrogen-bond donors (Lipinski definition) is 1. The van der Waals surface area contributed by atoms with Crippen molar-refractivity contribution in [3.8, 4) is 0 Å². The lowest BCUT2D eigenvalue weighted by Crippen LogP contribution is -2.24. The topological polar surface area (TPSA) is 15.3 Å². The van der Waals surface area contributed by atoms with E-state index >= 15 is 0 Å². The van der Waals surface area contributed by atoms with Gasteiger partial charge in [0.15, 0.2) is 0 Å². The first-order valence-electron chi connectivity index (χ1n) is 5.76. The Balaban J connectivity index is 2.32. The summed E-state index contributed by atoms with van der Waals surface area (Å²) in [6, 6.07) is 4.56. The van der Waals surface area contributed by atoms with Crippen LogP contribution in [0.4, 0.5) is 0 Å². The van der Waals surface area contributed by atoms with Crippen molar-refractivity contribution in [2.45, 2.75) is 25.8 Å². The predicted octanol–water partition coefficient (Wildman–Crippen LogP) is 3.39. The van der Waals surface area contributed by atoms with E-state index in [2.05, 4.69) is 37.3 Å². The van der Waals surface area contributed by atoms with E-state index in [1.165, 1.54) is 11.3 Å². The zero-order valence-electron chi connectivity index (χ0n) is 10.3. The van der Waals surface area contributed by atoms with Crippen molar-refractivity contribution >= 4 is 22.9 Å². The number of thiophene rings is 1. The summed E-state index contributed by atoms with van der Waals surface area (Å²) >= 11 is 7.63. The molecule has 1 heterocycles. The highest BCUT2D eigenvalue weighted by molar-refractivity contribution is 7.16. The molecule has 1 rings (SSSR count). The summed E-state index contributed by atoms with van der Waals surface area (Å²) in [5.41, 5.74) is 0. The molecule has 0 aliphatic rings. The Labute approximate surface area is 108 Å². The Kier molecular flexibility index (Phi) is 6.36. The second-order valence-electron chi connectivity index (χ2n) is 4.21. The van der Waals surface area contributed by atoms with Gasteiger partial charge in [-0.25, -0.2) is 0 Å². The van der Waals surface area contributed by atoms with E-state index < -0.39 is 0 Å². The highest BCUT2D eigenvalue weighted by Gasteiger charge is 2.10. The van der Waals surface area contributed by atoms with Crippen LogP contribution in [0.1, 0.15) is 30.7 Å². The summed E-state index contributed by atoms with van der Waals surface area (Å²) in [5, 5.41) is 3.58. The fourth-order valence-electron chi connectivity index (χ4n) is 1.63. The van der Waals surface area contributed by atoms with E-state index in [-0.39, 0.29) is 0 Å². The Morgan fingerprint density at radius 2 is 2.19 bits per heavy atom. The van der Waals surface area contributed by atoms with Gasteiger partial charge in [-0.15, -0.1) is 11.3 Å². The Morgan fingerprint density at radius 3 is 2.69 bits per heavy atom. The number of nitrogens with one attached hydrogen (secondary N) is 1. The maximum absolute atomic E-state index is 5.95. The smallest absolute Gasteiger partial charge is 0.0931 e. The molecule has 0 saturated heterocycles. The van der Waals surface area contributed by atoms with Crippen molar-refractivity contribution in [1.29, 1.82) is 0 Å². The van der Waals surface area contributed by atoms with Crippen LogP contribution in [0.5, 0.6) is 0 Å². The minimum atomic E-state index is 0.458. The van der Waals surface area contributed by atoms with Crippen LogP contribution >= 0.6 is 22.9 Å². The summed E-state index contributed by atoms with van der Waals surface area (Å²) in [7, 11) is 4.21.